The van der Waals surface area contributed by atoms with E-state index in [-0.39, 0.29) is 11.2 Å². The van der Waals surface area contributed by atoms with E-state index in [1.165, 1.54) is 0 Å². The average Bonchev–Trinajstić information content (AvgIpc) is 2.42. The van der Waals surface area contributed by atoms with Crippen LogP contribution in [0.3, 0.4) is 0 Å². The summed E-state index contributed by atoms with van der Waals surface area (Å²) in [6.45, 7) is 21.6. The van der Waals surface area contributed by atoms with Crippen molar-refractivity contribution in [3.8, 4) is 0 Å². The first-order chi connectivity index (χ1) is 9.99. The van der Waals surface area contributed by atoms with Crippen LogP contribution in [0.5, 0.6) is 0 Å². The van der Waals surface area contributed by atoms with Gasteiger partial charge in [0.05, 0.1) is 37.1 Å². The van der Waals surface area contributed by atoms with Gasteiger partial charge in [-0.15, -0.1) is 0 Å². The molecule has 0 heterocycles. The molecule has 0 fully saturated rings. The standard InChI is InChI=1S/C19H40O3/c1-10-18(6,7)21-12-11-19(8,9)22-14-16(4)13-20-17(5)15(2)3/h15-17H,10-14H2,1-9H3. The third-order valence-corrected chi connectivity index (χ3v) is 4.39. The highest BCUT2D eigenvalue weighted by molar-refractivity contribution is 4.71. The van der Waals surface area contributed by atoms with E-state index in [1.807, 2.05) is 0 Å². The van der Waals surface area contributed by atoms with Crippen molar-refractivity contribution in [1.82, 2.24) is 0 Å². The lowest BCUT2D eigenvalue weighted by molar-refractivity contribution is -0.0883. The molecule has 0 radical (unpaired) electrons. The van der Waals surface area contributed by atoms with Gasteiger partial charge in [-0.1, -0.05) is 27.7 Å². The van der Waals surface area contributed by atoms with Crippen molar-refractivity contribution in [1.29, 1.82) is 0 Å². The SMILES string of the molecule is CCC(C)(C)OCCC(C)(C)OCC(C)COC(C)C(C)C. The highest BCUT2D eigenvalue weighted by Gasteiger charge is 2.22. The van der Waals surface area contributed by atoms with E-state index in [0.717, 1.165) is 32.7 Å². The third kappa shape index (κ3) is 10.6. The fourth-order valence-corrected chi connectivity index (χ4v) is 1.67. The molecule has 0 aromatic carbocycles. The minimum atomic E-state index is -0.151. The van der Waals surface area contributed by atoms with Crippen molar-refractivity contribution in [2.45, 2.75) is 92.5 Å². The van der Waals surface area contributed by atoms with Gasteiger partial charge in [0.1, 0.15) is 0 Å². The Hall–Kier alpha value is -0.120. The van der Waals surface area contributed by atoms with Crippen LogP contribution in [0.1, 0.15) is 75.2 Å². The summed E-state index contributed by atoms with van der Waals surface area (Å²) in [7, 11) is 0. The van der Waals surface area contributed by atoms with E-state index in [1.54, 1.807) is 0 Å². The van der Waals surface area contributed by atoms with Gasteiger partial charge in [0.2, 0.25) is 0 Å². The number of hydrogen-bond acceptors (Lipinski definition) is 3. The van der Waals surface area contributed by atoms with Crippen LogP contribution in [-0.4, -0.2) is 37.1 Å². The smallest absolute Gasteiger partial charge is 0.0648 e. The molecule has 0 aliphatic heterocycles. The van der Waals surface area contributed by atoms with E-state index < -0.39 is 0 Å². The predicted octanol–water partition coefficient (Wildman–Crippen LogP) is 5.07. The van der Waals surface area contributed by atoms with E-state index in [9.17, 15) is 0 Å². The van der Waals surface area contributed by atoms with Crippen LogP contribution in [0, 0.1) is 11.8 Å². The summed E-state index contributed by atoms with van der Waals surface area (Å²) >= 11 is 0. The summed E-state index contributed by atoms with van der Waals surface area (Å²) in [4.78, 5) is 0. The van der Waals surface area contributed by atoms with E-state index in [0.29, 0.717) is 17.9 Å². The Morgan fingerprint density at radius 1 is 0.818 bits per heavy atom. The highest BCUT2D eigenvalue weighted by Crippen LogP contribution is 2.20. The minimum Gasteiger partial charge on any atom is -0.378 e. The van der Waals surface area contributed by atoms with Gasteiger partial charge in [-0.25, -0.2) is 0 Å². The van der Waals surface area contributed by atoms with Gasteiger partial charge >= 0.3 is 0 Å². The maximum Gasteiger partial charge on any atom is 0.0648 e. The quantitative estimate of drug-likeness (QED) is 0.503. The number of ether oxygens (including phenoxy) is 3. The first-order valence-electron chi connectivity index (χ1n) is 8.88. The predicted molar refractivity (Wildman–Crippen MR) is 94.4 cm³/mol. The molecule has 0 aliphatic carbocycles. The molecule has 0 aromatic rings. The van der Waals surface area contributed by atoms with Gasteiger partial charge in [-0.3, -0.25) is 0 Å². The van der Waals surface area contributed by atoms with Crippen LogP contribution >= 0.6 is 0 Å². The Labute approximate surface area is 139 Å². The van der Waals surface area contributed by atoms with Crippen molar-refractivity contribution >= 4 is 0 Å². The van der Waals surface area contributed by atoms with Crippen molar-refractivity contribution < 1.29 is 14.2 Å². The summed E-state index contributed by atoms with van der Waals surface area (Å²) in [6.07, 6.45) is 2.24. The fraction of sp³-hybridized carbons (Fsp3) is 1.00. The van der Waals surface area contributed by atoms with Gasteiger partial charge in [-0.2, -0.15) is 0 Å². The summed E-state index contributed by atoms with van der Waals surface area (Å²) in [6, 6.07) is 0. The van der Waals surface area contributed by atoms with Crippen LogP contribution in [0.15, 0.2) is 0 Å². The molecule has 0 amide bonds. The Balaban J connectivity index is 3.95. The highest BCUT2D eigenvalue weighted by atomic mass is 16.5. The summed E-state index contributed by atoms with van der Waals surface area (Å²) in [5.74, 6) is 0.970. The number of hydrogen-bond donors (Lipinski definition) is 0. The molecule has 3 heteroatoms. The molecule has 2 unspecified atom stereocenters. The van der Waals surface area contributed by atoms with Crippen LogP contribution in [-0.2, 0) is 14.2 Å². The Morgan fingerprint density at radius 2 is 1.41 bits per heavy atom. The van der Waals surface area contributed by atoms with Crippen LogP contribution < -0.4 is 0 Å². The van der Waals surface area contributed by atoms with Crippen molar-refractivity contribution in [2.75, 3.05) is 19.8 Å². The summed E-state index contributed by atoms with van der Waals surface area (Å²) < 4.78 is 17.9. The van der Waals surface area contributed by atoms with Gasteiger partial charge < -0.3 is 14.2 Å². The Kier molecular flexibility index (Phi) is 9.84. The molecule has 3 nitrogen and oxygen atoms in total. The van der Waals surface area contributed by atoms with Crippen molar-refractivity contribution in [2.24, 2.45) is 11.8 Å². The largest absolute Gasteiger partial charge is 0.378 e. The second kappa shape index (κ2) is 9.89. The zero-order chi connectivity index (χ0) is 17.4. The van der Waals surface area contributed by atoms with E-state index >= 15 is 0 Å². The molecular formula is C19H40O3. The second-order valence-corrected chi connectivity index (χ2v) is 8.17. The molecule has 0 N–H and O–H groups in total. The monoisotopic (exact) mass is 316 g/mol. The van der Waals surface area contributed by atoms with Gasteiger partial charge in [0.25, 0.3) is 0 Å². The van der Waals surface area contributed by atoms with Crippen molar-refractivity contribution in [3.05, 3.63) is 0 Å². The molecule has 0 bridgehead atoms. The summed E-state index contributed by atoms with van der Waals surface area (Å²) in [5, 5.41) is 0. The maximum absolute atomic E-state index is 6.07. The zero-order valence-electron chi connectivity index (χ0n) is 16.5. The Bertz CT molecular complexity index is 284. The van der Waals surface area contributed by atoms with Gasteiger partial charge in [0, 0.05) is 5.92 Å². The molecular weight excluding hydrogens is 276 g/mol. The summed E-state index contributed by atoms with van der Waals surface area (Å²) in [5.41, 5.74) is -0.189. The lowest BCUT2D eigenvalue weighted by Gasteiger charge is -2.30. The molecule has 134 valence electrons. The topological polar surface area (TPSA) is 27.7 Å². The molecule has 0 saturated carbocycles. The molecule has 0 aliphatic rings. The minimum absolute atomic E-state index is 0.0375. The lowest BCUT2D eigenvalue weighted by Crippen LogP contribution is -2.32. The maximum atomic E-state index is 6.07. The molecule has 0 aromatic heterocycles. The van der Waals surface area contributed by atoms with Crippen LogP contribution in [0.4, 0.5) is 0 Å². The van der Waals surface area contributed by atoms with E-state index in [4.69, 9.17) is 14.2 Å². The third-order valence-electron chi connectivity index (χ3n) is 4.39. The van der Waals surface area contributed by atoms with Crippen LogP contribution in [0.25, 0.3) is 0 Å². The first-order valence-corrected chi connectivity index (χ1v) is 8.88. The lowest BCUT2D eigenvalue weighted by atomic mass is 10.0. The van der Waals surface area contributed by atoms with E-state index in [2.05, 4.69) is 62.3 Å². The molecule has 0 rings (SSSR count). The van der Waals surface area contributed by atoms with Gasteiger partial charge in [0.15, 0.2) is 0 Å². The van der Waals surface area contributed by atoms with Gasteiger partial charge in [-0.05, 0) is 53.4 Å². The fourth-order valence-electron chi connectivity index (χ4n) is 1.67. The number of rotatable bonds is 12. The van der Waals surface area contributed by atoms with Crippen LogP contribution in [0.2, 0.25) is 0 Å². The van der Waals surface area contributed by atoms with Crippen molar-refractivity contribution in [3.63, 3.8) is 0 Å². The average molecular weight is 317 g/mol. The normalized spacial score (nSPS) is 16.1. The molecule has 22 heavy (non-hydrogen) atoms. The Morgan fingerprint density at radius 3 is 1.91 bits per heavy atom. The first kappa shape index (κ1) is 21.9. The second-order valence-electron chi connectivity index (χ2n) is 8.17. The molecule has 0 spiro atoms. The molecule has 2 atom stereocenters. The zero-order valence-corrected chi connectivity index (χ0v) is 16.5. The molecule has 0 saturated heterocycles.